The third-order valence-electron chi connectivity index (χ3n) is 4.85. The SMILES string of the molecule is CN(CC(=O)Nc1cccnc1)C1C2CCOC2C1(C)C. The molecule has 0 bridgehead atoms. The number of fused-ring (bicyclic) bond motifs is 1. The van der Waals surface area contributed by atoms with Crippen LogP contribution in [0, 0.1) is 11.3 Å². The quantitative estimate of drug-likeness (QED) is 0.918. The van der Waals surface area contributed by atoms with Crippen LogP contribution in [0.3, 0.4) is 0 Å². The highest BCUT2D eigenvalue weighted by Gasteiger charge is 2.60. The number of nitrogens with zero attached hydrogens (tertiary/aromatic N) is 2. The molecule has 0 aromatic carbocycles. The molecular formula is C16H23N3O2. The van der Waals surface area contributed by atoms with Crippen LogP contribution in [0.5, 0.6) is 0 Å². The molecule has 3 atom stereocenters. The van der Waals surface area contributed by atoms with Crippen molar-refractivity contribution in [2.45, 2.75) is 32.4 Å². The average molecular weight is 289 g/mol. The minimum Gasteiger partial charge on any atom is -0.377 e. The first kappa shape index (κ1) is 14.5. The van der Waals surface area contributed by atoms with Crippen LogP contribution in [-0.2, 0) is 9.53 Å². The lowest BCUT2D eigenvalue weighted by Crippen LogP contribution is -2.66. The monoisotopic (exact) mass is 289 g/mol. The molecule has 1 N–H and O–H groups in total. The second kappa shape index (κ2) is 5.39. The number of anilines is 1. The van der Waals surface area contributed by atoms with Crippen LogP contribution in [-0.4, -0.2) is 48.1 Å². The molecule has 5 nitrogen and oxygen atoms in total. The summed E-state index contributed by atoms with van der Waals surface area (Å²) in [5, 5.41) is 2.89. The second-order valence-electron chi connectivity index (χ2n) is 6.72. The van der Waals surface area contributed by atoms with Crippen molar-refractivity contribution in [1.82, 2.24) is 9.88 Å². The van der Waals surface area contributed by atoms with Crippen molar-refractivity contribution in [3.8, 4) is 0 Å². The van der Waals surface area contributed by atoms with Gasteiger partial charge in [-0.2, -0.15) is 0 Å². The number of aromatic nitrogens is 1. The van der Waals surface area contributed by atoms with Crippen molar-refractivity contribution in [2.75, 3.05) is 25.5 Å². The Balaban J connectivity index is 1.59. The van der Waals surface area contributed by atoms with E-state index >= 15 is 0 Å². The molecule has 1 saturated carbocycles. The van der Waals surface area contributed by atoms with Crippen molar-refractivity contribution in [2.24, 2.45) is 11.3 Å². The van der Waals surface area contributed by atoms with Crippen LogP contribution < -0.4 is 5.32 Å². The lowest BCUT2D eigenvalue weighted by atomic mass is 9.57. The zero-order valence-corrected chi connectivity index (χ0v) is 12.9. The summed E-state index contributed by atoms with van der Waals surface area (Å²) in [5.74, 6) is 0.569. The van der Waals surface area contributed by atoms with Crippen molar-refractivity contribution >= 4 is 11.6 Å². The Kier molecular flexibility index (Phi) is 3.71. The van der Waals surface area contributed by atoms with Crippen LogP contribution in [0.4, 0.5) is 5.69 Å². The summed E-state index contributed by atoms with van der Waals surface area (Å²) < 4.78 is 5.81. The normalized spacial score (nSPS) is 29.8. The van der Waals surface area contributed by atoms with E-state index in [2.05, 4.69) is 29.0 Å². The molecule has 1 saturated heterocycles. The molecule has 1 aliphatic carbocycles. The van der Waals surface area contributed by atoms with E-state index in [9.17, 15) is 4.79 Å². The largest absolute Gasteiger partial charge is 0.377 e. The first-order valence-electron chi connectivity index (χ1n) is 7.52. The summed E-state index contributed by atoms with van der Waals surface area (Å²) in [6.07, 6.45) is 4.81. The topological polar surface area (TPSA) is 54.5 Å². The number of likely N-dealkylation sites (N-methyl/N-ethyl adjacent to an activating group) is 1. The lowest BCUT2D eigenvalue weighted by Gasteiger charge is -2.57. The Morgan fingerprint density at radius 2 is 2.38 bits per heavy atom. The van der Waals surface area contributed by atoms with Gasteiger partial charge in [0.15, 0.2) is 0 Å². The molecule has 0 spiro atoms. The molecule has 2 heterocycles. The van der Waals surface area contributed by atoms with E-state index < -0.39 is 0 Å². The predicted octanol–water partition coefficient (Wildman–Crippen LogP) is 1.77. The fourth-order valence-electron chi connectivity index (χ4n) is 4.15. The van der Waals surface area contributed by atoms with Gasteiger partial charge in [0.2, 0.25) is 5.91 Å². The number of ether oxygens (including phenoxy) is 1. The smallest absolute Gasteiger partial charge is 0.238 e. The van der Waals surface area contributed by atoms with E-state index in [1.54, 1.807) is 12.4 Å². The molecule has 3 unspecified atom stereocenters. The molecule has 1 aromatic rings. The number of hydrogen-bond acceptors (Lipinski definition) is 4. The van der Waals surface area contributed by atoms with Crippen LogP contribution >= 0.6 is 0 Å². The van der Waals surface area contributed by atoms with E-state index in [0.717, 1.165) is 18.7 Å². The molecule has 1 aliphatic heterocycles. The van der Waals surface area contributed by atoms with Crippen LogP contribution in [0.15, 0.2) is 24.5 Å². The number of rotatable bonds is 4. The van der Waals surface area contributed by atoms with E-state index in [4.69, 9.17) is 4.74 Å². The number of pyridine rings is 1. The standard InChI is InChI=1S/C16H23N3O2/c1-16(2)14(12-6-8-21-15(12)16)19(3)10-13(20)18-11-5-4-7-17-9-11/h4-5,7,9,12,14-15H,6,8,10H2,1-3H3,(H,18,20). The summed E-state index contributed by atoms with van der Waals surface area (Å²) in [4.78, 5) is 18.3. The van der Waals surface area contributed by atoms with Gasteiger partial charge < -0.3 is 10.1 Å². The first-order valence-corrected chi connectivity index (χ1v) is 7.52. The number of nitrogens with one attached hydrogen (secondary N) is 1. The van der Waals surface area contributed by atoms with Gasteiger partial charge in [0.1, 0.15) is 0 Å². The Morgan fingerprint density at radius 3 is 3.10 bits per heavy atom. The first-order chi connectivity index (χ1) is 10.00. The molecule has 114 valence electrons. The van der Waals surface area contributed by atoms with Crippen LogP contribution in [0.2, 0.25) is 0 Å². The van der Waals surface area contributed by atoms with E-state index in [1.807, 2.05) is 19.2 Å². The lowest BCUT2D eigenvalue weighted by molar-refractivity contribution is -0.152. The summed E-state index contributed by atoms with van der Waals surface area (Å²) >= 11 is 0. The third-order valence-corrected chi connectivity index (χ3v) is 4.85. The molecule has 1 aromatic heterocycles. The summed E-state index contributed by atoms with van der Waals surface area (Å²) in [6.45, 7) is 5.72. The van der Waals surface area contributed by atoms with E-state index in [0.29, 0.717) is 24.6 Å². The minimum atomic E-state index is 0.00339. The predicted molar refractivity (Wildman–Crippen MR) is 80.9 cm³/mol. The highest BCUT2D eigenvalue weighted by molar-refractivity contribution is 5.92. The van der Waals surface area contributed by atoms with Crippen LogP contribution in [0.1, 0.15) is 20.3 Å². The van der Waals surface area contributed by atoms with E-state index in [1.165, 1.54) is 0 Å². The fourth-order valence-corrected chi connectivity index (χ4v) is 4.15. The maximum Gasteiger partial charge on any atom is 0.238 e. The number of carbonyl (C=O) groups is 1. The fraction of sp³-hybridized carbons (Fsp3) is 0.625. The molecular weight excluding hydrogens is 266 g/mol. The van der Waals surface area contributed by atoms with Gasteiger partial charge >= 0.3 is 0 Å². The Hall–Kier alpha value is -1.46. The van der Waals surface area contributed by atoms with Gasteiger partial charge in [-0.1, -0.05) is 13.8 Å². The van der Waals surface area contributed by atoms with Crippen molar-refractivity contribution in [3.63, 3.8) is 0 Å². The summed E-state index contributed by atoms with van der Waals surface area (Å²) in [5.41, 5.74) is 0.857. The maximum atomic E-state index is 12.2. The molecule has 2 fully saturated rings. The zero-order valence-electron chi connectivity index (χ0n) is 12.9. The Labute approximate surface area is 125 Å². The van der Waals surface area contributed by atoms with Gasteiger partial charge in [0.05, 0.1) is 24.5 Å². The van der Waals surface area contributed by atoms with Crippen molar-refractivity contribution < 1.29 is 9.53 Å². The highest BCUT2D eigenvalue weighted by Crippen LogP contribution is 2.54. The zero-order chi connectivity index (χ0) is 15.0. The van der Waals surface area contributed by atoms with E-state index in [-0.39, 0.29) is 11.3 Å². The molecule has 2 aliphatic rings. The molecule has 0 radical (unpaired) electrons. The maximum absolute atomic E-state index is 12.2. The van der Waals surface area contributed by atoms with Gasteiger partial charge in [-0.15, -0.1) is 0 Å². The van der Waals surface area contributed by atoms with Crippen molar-refractivity contribution in [1.29, 1.82) is 0 Å². The molecule has 21 heavy (non-hydrogen) atoms. The Bertz CT molecular complexity index is 518. The Morgan fingerprint density at radius 1 is 1.57 bits per heavy atom. The van der Waals surface area contributed by atoms with Gasteiger partial charge in [-0.05, 0) is 25.6 Å². The molecule has 1 amide bonds. The number of amides is 1. The minimum absolute atomic E-state index is 0.00339. The highest BCUT2D eigenvalue weighted by atomic mass is 16.5. The average Bonchev–Trinajstić information content (AvgIpc) is 2.85. The number of carbonyl (C=O) groups excluding carboxylic acids is 1. The number of hydrogen-bond donors (Lipinski definition) is 1. The summed E-state index contributed by atoms with van der Waals surface area (Å²) in [6, 6.07) is 4.07. The summed E-state index contributed by atoms with van der Waals surface area (Å²) in [7, 11) is 2.03. The van der Waals surface area contributed by atoms with Crippen molar-refractivity contribution in [3.05, 3.63) is 24.5 Å². The molecule has 3 rings (SSSR count). The van der Waals surface area contributed by atoms with Gasteiger partial charge in [0, 0.05) is 30.2 Å². The van der Waals surface area contributed by atoms with Gasteiger partial charge in [-0.3, -0.25) is 14.7 Å². The molecule has 5 heteroatoms. The van der Waals surface area contributed by atoms with Gasteiger partial charge in [0.25, 0.3) is 0 Å². The van der Waals surface area contributed by atoms with Gasteiger partial charge in [-0.25, -0.2) is 0 Å². The third kappa shape index (κ3) is 2.56. The second-order valence-corrected chi connectivity index (χ2v) is 6.72. The van der Waals surface area contributed by atoms with Crippen LogP contribution in [0.25, 0.3) is 0 Å².